The van der Waals surface area contributed by atoms with Crippen LogP contribution in [0.5, 0.6) is 0 Å². The van der Waals surface area contributed by atoms with Gasteiger partial charge < -0.3 is 14.5 Å². The minimum absolute atomic E-state index is 0.134. The highest BCUT2D eigenvalue weighted by atomic mass is 28.4. The van der Waals surface area contributed by atoms with E-state index in [4.69, 9.17) is 14.3 Å². The van der Waals surface area contributed by atoms with Gasteiger partial charge in [-0.15, -0.1) is 0 Å². The molecule has 3 heterocycles. The van der Waals surface area contributed by atoms with E-state index in [0.29, 0.717) is 30.9 Å². The molecule has 1 atom stereocenters. The number of amides is 1. The third-order valence-electron chi connectivity index (χ3n) is 7.16. The molecule has 2 aliphatic heterocycles. The van der Waals surface area contributed by atoms with E-state index in [0.717, 1.165) is 37.6 Å². The average Bonchev–Trinajstić information content (AvgIpc) is 3.41. The first kappa shape index (κ1) is 20.1. The molecule has 1 aliphatic carbocycles. The van der Waals surface area contributed by atoms with Gasteiger partial charge in [-0.05, 0) is 49.7 Å². The molecule has 1 aromatic heterocycles. The number of hydrogen-bond acceptors (Lipinski definition) is 4. The van der Waals surface area contributed by atoms with Crippen LogP contribution in [0.1, 0.15) is 76.1 Å². The largest absolute Gasteiger partial charge is 0.411 e. The van der Waals surface area contributed by atoms with Gasteiger partial charge in [-0.2, -0.15) is 5.10 Å². The van der Waals surface area contributed by atoms with Gasteiger partial charge in [0, 0.05) is 31.1 Å². The first-order valence-corrected chi connectivity index (χ1v) is 13.7. The van der Waals surface area contributed by atoms with E-state index in [9.17, 15) is 4.79 Å². The topological polar surface area (TPSA) is 65.4 Å². The molecule has 4 rings (SSSR count). The third-order valence-corrected chi connectivity index (χ3v) is 11.6. The molecule has 1 saturated heterocycles. The SMILES string of the molecule is CC(C)(C)[Si](C)(C)OCc1nn(C2CCOCC2)c2c1[C@@H](C1CC1)CC(=O)N2. The van der Waals surface area contributed by atoms with Crippen LogP contribution in [-0.4, -0.2) is 37.2 Å². The molecule has 0 aromatic carbocycles. The summed E-state index contributed by atoms with van der Waals surface area (Å²) in [4.78, 5) is 12.5. The van der Waals surface area contributed by atoms with E-state index in [1.54, 1.807) is 0 Å². The van der Waals surface area contributed by atoms with Crippen LogP contribution in [0.2, 0.25) is 18.1 Å². The van der Waals surface area contributed by atoms with Crippen LogP contribution in [0.3, 0.4) is 0 Å². The zero-order valence-electron chi connectivity index (χ0n) is 18.0. The van der Waals surface area contributed by atoms with Gasteiger partial charge in [0.2, 0.25) is 5.91 Å². The lowest BCUT2D eigenvalue weighted by Gasteiger charge is -2.36. The van der Waals surface area contributed by atoms with Gasteiger partial charge in [0.15, 0.2) is 8.32 Å². The van der Waals surface area contributed by atoms with E-state index in [-0.39, 0.29) is 10.9 Å². The standard InChI is InChI=1S/C21H35N3O3Si/c1-21(2,3)28(4,5)27-13-17-19-16(14-6-7-14)12-18(25)22-20(19)24(23-17)15-8-10-26-11-9-15/h14-16H,6-13H2,1-5H3,(H,22,25)/t16-/m1/s1. The molecule has 1 amide bonds. The zero-order valence-corrected chi connectivity index (χ0v) is 19.0. The van der Waals surface area contributed by atoms with E-state index in [1.165, 1.54) is 18.4 Å². The van der Waals surface area contributed by atoms with Crippen molar-refractivity contribution < 1.29 is 14.0 Å². The summed E-state index contributed by atoms with van der Waals surface area (Å²) in [6.07, 6.45) is 4.93. The molecular formula is C21H35N3O3Si. The Morgan fingerprint density at radius 1 is 1.21 bits per heavy atom. The second-order valence-electron chi connectivity index (χ2n) is 10.2. The fourth-order valence-corrected chi connectivity index (χ4v) is 5.09. The highest BCUT2D eigenvalue weighted by Crippen LogP contribution is 2.50. The molecule has 6 nitrogen and oxygen atoms in total. The van der Waals surface area contributed by atoms with Crippen LogP contribution >= 0.6 is 0 Å². The number of rotatable bonds is 5. The van der Waals surface area contributed by atoms with E-state index < -0.39 is 8.32 Å². The number of nitrogens with zero attached hydrogens (tertiary/aromatic N) is 2. The number of hydrogen-bond donors (Lipinski definition) is 1. The van der Waals surface area contributed by atoms with Gasteiger partial charge in [0.25, 0.3) is 0 Å². The lowest BCUT2D eigenvalue weighted by molar-refractivity contribution is -0.117. The van der Waals surface area contributed by atoms with Crippen LogP contribution in [-0.2, 0) is 20.6 Å². The Hall–Kier alpha value is -1.18. The molecule has 156 valence electrons. The number of aromatic nitrogens is 2. The maximum Gasteiger partial charge on any atom is 0.226 e. The van der Waals surface area contributed by atoms with E-state index >= 15 is 0 Å². The number of carbonyl (C=O) groups excluding carboxylic acids is 1. The molecule has 2 fully saturated rings. The minimum atomic E-state index is -1.87. The molecule has 28 heavy (non-hydrogen) atoms. The van der Waals surface area contributed by atoms with Crippen LogP contribution in [0.4, 0.5) is 5.82 Å². The van der Waals surface area contributed by atoms with Crippen molar-refractivity contribution in [2.75, 3.05) is 18.5 Å². The van der Waals surface area contributed by atoms with Crippen molar-refractivity contribution in [2.24, 2.45) is 5.92 Å². The molecule has 7 heteroatoms. The zero-order chi connectivity index (χ0) is 20.1. The molecular weight excluding hydrogens is 370 g/mol. The van der Waals surface area contributed by atoms with Crippen molar-refractivity contribution in [3.05, 3.63) is 11.3 Å². The second kappa shape index (κ2) is 7.25. The molecule has 1 aromatic rings. The van der Waals surface area contributed by atoms with Gasteiger partial charge >= 0.3 is 0 Å². The fourth-order valence-electron chi connectivity index (χ4n) is 4.16. The Morgan fingerprint density at radius 2 is 1.89 bits per heavy atom. The lowest BCUT2D eigenvalue weighted by atomic mass is 9.87. The summed E-state index contributed by atoms with van der Waals surface area (Å²) in [7, 11) is -1.87. The van der Waals surface area contributed by atoms with Gasteiger partial charge in [0.05, 0.1) is 18.3 Å². The minimum Gasteiger partial charge on any atom is -0.411 e. The number of anilines is 1. The van der Waals surface area contributed by atoms with Gasteiger partial charge in [-0.25, -0.2) is 4.68 Å². The summed E-state index contributed by atoms with van der Waals surface area (Å²) in [5, 5.41) is 8.37. The number of fused-ring (bicyclic) bond motifs is 1. The molecule has 0 radical (unpaired) electrons. The Kier molecular flexibility index (Phi) is 5.21. The van der Waals surface area contributed by atoms with Gasteiger partial charge in [0.1, 0.15) is 5.82 Å². The third kappa shape index (κ3) is 3.81. The van der Waals surface area contributed by atoms with Crippen LogP contribution in [0.15, 0.2) is 0 Å². The predicted octanol–water partition coefficient (Wildman–Crippen LogP) is 4.59. The van der Waals surface area contributed by atoms with Crippen LogP contribution in [0, 0.1) is 5.92 Å². The summed E-state index contributed by atoms with van der Waals surface area (Å²) in [5.41, 5.74) is 2.30. The Bertz CT molecular complexity index is 743. The predicted molar refractivity (Wildman–Crippen MR) is 112 cm³/mol. The summed E-state index contributed by atoms with van der Waals surface area (Å²) >= 11 is 0. The number of ether oxygens (including phenoxy) is 1. The number of carbonyl (C=O) groups is 1. The van der Waals surface area contributed by atoms with E-state index in [2.05, 4.69) is 43.9 Å². The van der Waals surface area contributed by atoms with Crippen molar-refractivity contribution in [1.82, 2.24) is 9.78 Å². The van der Waals surface area contributed by atoms with Crippen molar-refractivity contribution in [3.63, 3.8) is 0 Å². The second-order valence-corrected chi connectivity index (χ2v) is 15.1. The van der Waals surface area contributed by atoms with E-state index in [1.807, 2.05) is 0 Å². The Labute approximate surface area is 169 Å². The summed E-state index contributed by atoms with van der Waals surface area (Å²) in [6, 6.07) is 0.294. The monoisotopic (exact) mass is 405 g/mol. The van der Waals surface area contributed by atoms with Crippen molar-refractivity contribution in [3.8, 4) is 0 Å². The van der Waals surface area contributed by atoms with Gasteiger partial charge in [-0.1, -0.05) is 20.8 Å². The average molecular weight is 406 g/mol. The highest BCUT2D eigenvalue weighted by molar-refractivity contribution is 6.74. The molecule has 0 bridgehead atoms. The van der Waals surface area contributed by atoms with Crippen LogP contribution < -0.4 is 5.32 Å². The molecule has 3 aliphatic rings. The normalized spacial score (nSPS) is 24.2. The first-order chi connectivity index (χ1) is 13.2. The molecule has 0 spiro atoms. The molecule has 0 unspecified atom stereocenters. The molecule has 1 N–H and O–H groups in total. The first-order valence-electron chi connectivity index (χ1n) is 10.8. The smallest absolute Gasteiger partial charge is 0.226 e. The van der Waals surface area contributed by atoms with Crippen molar-refractivity contribution in [2.45, 2.75) is 89.6 Å². The molecule has 1 saturated carbocycles. The van der Waals surface area contributed by atoms with Crippen LogP contribution in [0.25, 0.3) is 0 Å². The summed E-state index contributed by atoms with van der Waals surface area (Å²) in [6.45, 7) is 13.4. The van der Waals surface area contributed by atoms with Gasteiger partial charge in [-0.3, -0.25) is 4.79 Å². The Balaban J connectivity index is 1.68. The lowest BCUT2D eigenvalue weighted by Crippen LogP contribution is -2.40. The van der Waals surface area contributed by atoms with Crippen molar-refractivity contribution in [1.29, 1.82) is 0 Å². The quantitative estimate of drug-likeness (QED) is 0.728. The maximum absolute atomic E-state index is 12.5. The fraction of sp³-hybridized carbons (Fsp3) is 0.810. The summed E-state index contributed by atoms with van der Waals surface area (Å²) in [5.74, 6) is 2.00. The highest BCUT2D eigenvalue weighted by Gasteiger charge is 2.43. The summed E-state index contributed by atoms with van der Waals surface area (Å²) < 4.78 is 14.2. The maximum atomic E-state index is 12.5. The van der Waals surface area contributed by atoms with Crippen molar-refractivity contribution >= 4 is 20.0 Å². The Morgan fingerprint density at radius 3 is 2.50 bits per heavy atom. The number of nitrogens with one attached hydrogen (secondary N) is 1.